The van der Waals surface area contributed by atoms with Crippen LogP contribution in [0, 0.1) is 0 Å². The van der Waals surface area contributed by atoms with Gasteiger partial charge in [0.05, 0.1) is 5.39 Å². The number of benzene rings is 2. The molecule has 1 saturated heterocycles. The van der Waals surface area contributed by atoms with E-state index in [1.165, 1.54) is 0 Å². The van der Waals surface area contributed by atoms with Crippen LogP contribution in [0.1, 0.15) is 0 Å². The first-order valence-electron chi connectivity index (χ1n) is 11.3. The van der Waals surface area contributed by atoms with Gasteiger partial charge >= 0.3 is 0 Å². The Morgan fingerprint density at radius 2 is 1.79 bits per heavy atom. The summed E-state index contributed by atoms with van der Waals surface area (Å²) >= 11 is 0. The highest BCUT2D eigenvalue weighted by molar-refractivity contribution is 6.05. The van der Waals surface area contributed by atoms with Crippen LogP contribution in [0.2, 0.25) is 0 Å². The van der Waals surface area contributed by atoms with Gasteiger partial charge in [0.2, 0.25) is 12.5 Å². The fourth-order valence-corrected chi connectivity index (χ4v) is 4.46. The maximum Gasteiger partial charge on any atom is 0.232 e. The smallest absolute Gasteiger partial charge is 0.232 e. The molecule has 2 N–H and O–H groups in total. The number of anilines is 1. The summed E-state index contributed by atoms with van der Waals surface area (Å²) in [6.07, 6.45) is 1.55. The van der Waals surface area contributed by atoms with Crippen molar-refractivity contribution in [2.45, 2.75) is 0 Å². The first kappa shape index (κ1) is 20.0. The quantitative estimate of drug-likeness (QED) is 0.468. The van der Waals surface area contributed by atoms with E-state index in [2.05, 4.69) is 37.6 Å². The van der Waals surface area contributed by atoms with Crippen LogP contribution in [-0.4, -0.2) is 60.9 Å². The fraction of sp³-hybridized carbons (Fsp3) is 0.280. The van der Waals surface area contributed by atoms with Crippen LogP contribution in [-0.2, 0) is 0 Å². The van der Waals surface area contributed by atoms with Crippen LogP contribution in [0.5, 0.6) is 11.5 Å². The van der Waals surface area contributed by atoms with Crippen LogP contribution < -0.4 is 20.1 Å². The van der Waals surface area contributed by atoms with E-state index >= 15 is 0 Å². The van der Waals surface area contributed by atoms with Crippen LogP contribution in [0.3, 0.4) is 0 Å². The van der Waals surface area contributed by atoms with Gasteiger partial charge in [-0.3, -0.25) is 4.90 Å². The number of nitrogens with zero attached hydrogens (tertiary/aromatic N) is 3. The second-order valence-corrected chi connectivity index (χ2v) is 8.16. The highest BCUT2D eigenvalue weighted by atomic mass is 16.7. The van der Waals surface area contributed by atoms with Crippen molar-refractivity contribution in [2.24, 2.45) is 0 Å². The SMILES string of the molecule is c1ccc(-c2c(-c3ccc4c(c3)OCO4)oc3ncnc(NCCN4CCNCC4)c23)cc1. The number of hydrogen-bond donors (Lipinski definition) is 2. The predicted octanol–water partition coefficient (Wildman–Crippen LogP) is 3.60. The number of aromatic nitrogens is 2. The predicted molar refractivity (Wildman–Crippen MR) is 127 cm³/mol. The van der Waals surface area contributed by atoms with Crippen LogP contribution in [0.15, 0.2) is 59.3 Å². The molecule has 0 atom stereocenters. The maximum atomic E-state index is 6.33. The zero-order chi connectivity index (χ0) is 22.0. The van der Waals surface area contributed by atoms with Crippen molar-refractivity contribution in [3.63, 3.8) is 0 Å². The molecule has 6 rings (SSSR count). The molecule has 2 aliphatic heterocycles. The van der Waals surface area contributed by atoms with Gasteiger partial charge in [0.1, 0.15) is 17.9 Å². The minimum absolute atomic E-state index is 0.233. The topological polar surface area (TPSA) is 84.7 Å². The number of fused-ring (bicyclic) bond motifs is 2. The highest BCUT2D eigenvalue weighted by Crippen LogP contribution is 2.44. The molecular formula is C25H25N5O3. The average molecular weight is 444 g/mol. The van der Waals surface area contributed by atoms with E-state index < -0.39 is 0 Å². The van der Waals surface area contributed by atoms with E-state index in [4.69, 9.17) is 13.9 Å². The molecule has 0 bridgehead atoms. The maximum absolute atomic E-state index is 6.33. The molecule has 0 radical (unpaired) electrons. The Morgan fingerprint density at radius 3 is 2.67 bits per heavy atom. The lowest BCUT2D eigenvalue weighted by molar-refractivity contribution is 0.174. The zero-order valence-corrected chi connectivity index (χ0v) is 18.2. The Morgan fingerprint density at radius 1 is 0.939 bits per heavy atom. The Balaban J connectivity index is 1.41. The summed E-state index contributed by atoms with van der Waals surface area (Å²) in [6, 6.07) is 16.1. The monoisotopic (exact) mass is 443 g/mol. The second-order valence-electron chi connectivity index (χ2n) is 8.16. The fourth-order valence-electron chi connectivity index (χ4n) is 4.46. The molecule has 0 saturated carbocycles. The molecule has 33 heavy (non-hydrogen) atoms. The number of rotatable bonds is 6. The normalized spacial score (nSPS) is 15.8. The minimum Gasteiger partial charge on any atom is -0.454 e. The van der Waals surface area contributed by atoms with Crippen molar-refractivity contribution < 1.29 is 13.9 Å². The number of nitrogens with one attached hydrogen (secondary N) is 2. The molecule has 0 amide bonds. The van der Waals surface area contributed by atoms with Gasteiger partial charge in [0, 0.05) is 50.4 Å². The van der Waals surface area contributed by atoms with E-state index in [0.717, 1.165) is 78.7 Å². The zero-order valence-electron chi connectivity index (χ0n) is 18.2. The van der Waals surface area contributed by atoms with E-state index in [9.17, 15) is 0 Å². The highest BCUT2D eigenvalue weighted by Gasteiger charge is 2.24. The molecule has 0 unspecified atom stereocenters. The Bertz CT molecular complexity index is 1270. The molecular weight excluding hydrogens is 418 g/mol. The molecule has 1 fully saturated rings. The summed E-state index contributed by atoms with van der Waals surface area (Å²) in [4.78, 5) is 11.5. The van der Waals surface area contributed by atoms with E-state index in [-0.39, 0.29) is 6.79 Å². The first-order chi connectivity index (χ1) is 16.4. The average Bonchev–Trinajstić information content (AvgIpc) is 3.50. The van der Waals surface area contributed by atoms with Gasteiger partial charge in [-0.05, 0) is 23.8 Å². The summed E-state index contributed by atoms with van der Waals surface area (Å²) in [5, 5.41) is 7.81. The number of furan rings is 1. The van der Waals surface area contributed by atoms with Crippen molar-refractivity contribution in [2.75, 3.05) is 51.4 Å². The van der Waals surface area contributed by atoms with E-state index in [1.54, 1.807) is 6.33 Å². The van der Waals surface area contributed by atoms with Crippen molar-refractivity contribution in [1.82, 2.24) is 20.2 Å². The first-order valence-corrected chi connectivity index (χ1v) is 11.3. The molecule has 0 aliphatic carbocycles. The molecule has 4 heterocycles. The summed E-state index contributed by atoms with van der Waals surface area (Å²) in [6.45, 7) is 6.20. The summed E-state index contributed by atoms with van der Waals surface area (Å²) < 4.78 is 17.4. The number of ether oxygens (including phenoxy) is 2. The van der Waals surface area contributed by atoms with Crippen molar-refractivity contribution >= 4 is 16.9 Å². The lowest BCUT2D eigenvalue weighted by Crippen LogP contribution is -2.45. The van der Waals surface area contributed by atoms with Gasteiger partial charge in [-0.2, -0.15) is 0 Å². The minimum atomic E-state index is 0.233. The van der Waals surface area contributed by atoms with Crippen molar-refractivity contribution in [1.29, 1.82) is 0 Å². The van der Waals surface area contributed by atoms with Crippen LogP contribution >= 0.6 is 0 Å². The molecule has 2 aromatic heterocycles. The third-order valence-electron chi connectivity index (χ3n) is 6.12. The van der Waals surface area contributed by atoms with Gasteiger partial charge in [0.15, 0.2) is 11.5 Å². The second kappa shape index (κ2) is 8.73. The van der Waals surface area contributed by atoms with E-state index in [0.29, 0.717) is 11.5 Å². The number of hydrogen-bond acceptors (Lipinski definition) is 8. The molecule has 2 aliphatic rings. The summed E-state index contributed by atoms with van der Waals surface area (Å²) in [7, 11) is 0. The van der Waals surface area contributed by atoms with Crippen LogP contribution in [0.25, 0.3) is 33.6 Å². The molecule has 8 heteroatoms. The number of piperazine rings is 1. The van der Waals surface area contributed by atoms with Gasteiger partial charge in [0.25, 0.3) is 0 Å². The Hall–Kier alpha value is -3.62. The van der Waals surface area contributed by atoms with E-state index in [1.807, 2.05) is 36.4 Å². The third-order valence-corrected chi connectivity index (χ3v) is 6.12. The van der Waals surface area contributed by atoms with Crippen molar-refractivity contribution in [3.8, 4) is 33.9 Å². The Labute approximate surface area is 191 Å². The molecule has 2 aromatic carbocycles. The van der Waals surface area contributed by atoms with Gasteiger partial charge < -0.3 is 24.5 Å². The van der Waals surface area contributed by atoms with Gasteiger partial charge in [-0.15, -0.1) is 0 Å². The lowest BCUT2D eigenvalue weighted by atomic mass is 9.99. The molecule has 8 nitrogen and oxygen atoms in total. The summed E-state index contributed by atoms with van der Waals surface area (Å²) in [5.74, 6) is 2.98. The van der Waals surface area contributed by atoms with Crippen molar-refractivity contribution in [3.05, 3.63) is 54.9 Å². The largest absolute Gasteiger partial charge is 0.454 e. The standard InChI is InChI=1S/C25H25N5O3/c1-2-4-17(5-3-1)21-22-24(27-10-13-30-11-8-26-9-12-30)28-15-29-25(22)33-23(21)18-6-7-19-20(14-18)32-16-31-19/h1-7,14-15,26H,8-13,16H2,(H,27,28,29). The van der Waals surface area contributed by atoms with Gasteiger partial charge in [-0.1, -0.05) is 30.3 Å². The molecule has 4 aromatic rings. The van der Waals surface area contributed by atoms with Crippen LogP contribution in [0.4, 0.5) is 5.82 Å². The molecule has 168 valence electrons. The van der Waals surface area contributed by atoms with Gasteiger partial charge in [-0.25, -0.2) is 9.97 Å². The molecule has 0 spiro atoms. The third kappa shape index (κ3) is 3.88. The summed E-state index contributed by atoms with van der Waals surface area (Å²) in [5.41, 5.74) is 3.47. The lowest BCUT2D eigenvalue weighted by Gasteiger charge is -2.27. The Kier molecular flexibility index (Phi) is 5.29.